The maximum absolute atomic E-state index is 12.0. The van der Waals surface area contributed by atoms with Crippen LogP contribution in [0.25, 0.3) is 0 Å². The summed E-state index contributed by atoms with van der Waals surface area (Å²) in [5, 5.41) is 4.24. The van der Waals surface area contributed by atoms with E-state index in [0.717, 1.165) is 10.6 Å². The van der Waals surface area contributed by atoms with Crippen LogP contribution >= 0.6 is 11.3 Å². The van der Waals surface area contributed by atoms with Crippen LogP contribution in [0, 0.1) is 0 Å². The van der Waals surface area contributed by atoms with Gasteiger partial charge in [-0.2, -0.15) is 13.2 Å². The van der Waals surface area contributed by atoms with Gasteiger partial charge in [0, 0.05) is 11.8 Å². The van der Waals surface area contributed by atoms with Crippen molar-refractivity contribution >= 4 is 17.2 Å². The minimum absolute atomic E-state index is 0.219. The second kappa shape index (κ2) is 6.04. The van der Waals surface area contributed by atoms with Gasteiger partial charge in [0.15, 0.2) is 0 Å². The number of thiazole rings is 1. The van der Waals surface area contributed by atoms with E-state index in [1.54, 1.807) is 10.7 Å². The molecule has 0 bridgehead atoms. The summed E-state index contributed by atoms with van der Waals surface area (Å²) in [6.07, 6.45) is -4.23. The summed E-state index contributed by atoms with van der Waals surface area (Å²) in [6.45, 7) is -0.219. The van der Waals surface area contributed by atoms with E-state index in [4.69, 9.17) is 0 Å². The molecule has 0 fully saturated rings. The lowest BCUT2D eigenvalue weighted by Crippen LogP contribution is -2.36. The van der Waals surface area contributed by atoms with Crippen molar-refractivity contribution in [2.75, 3.05) is 0 Å². The molecule has 2 rings (SSSR count). The molecular weight excluding hydrogens is 289 g/mol. The lowest BCUT2D eigenvalue weighted by molar-refractivity contribution is -0.173. The van der Waals surface area contributed by atoms with Crippen LogP contribution in [0.3, 0.4) is 0 Å². The molecule has 0 aliphatic rings. The molecule has 0 saturated carbocycles. The molecule has 3 nitrogen and oxygen atoms in total. The largest absolute Gasteiger partial charge is 0.471 e. The number of rotatable bonds is 4. The fourth-order valence-corrected chi connectivity index (χ4v) is 2.38. The number of hydrogen-bond acceptors (Lipinski definition) is 3. The number of nitrogens with one attached hydrogen (secondary N) is 1. The molecule has 1 aromatic heterocycles. The monoisotopic (exact) mass is 300 g/mol. The summed E-state index contributed by atoms with van der Waals surface area (Å²) in [4.78, 5) is 14.9. The van der Waals surface area contributed by atoms with Crippen molar-refractivity contribution < 1.29 is 18.0 Å². The first-order valence-corrected chi connectivity index (χ1v) is 6.65. The molecule has 1 aromatic carbocycles. The Balaban J connectivity index is 1.91. The minimum Gasteiger partial charge on any atom is -0.343 e. The SMILES string of the molecule is O=C(NCc1csc(Cc2ccccc2)n1)C(F)(F)F. The first kappa shape index (κ1) is 14.5. The van der Waals surface area contributed by atoms with Gasteiger partial charge < -0.3 is 5.32 Å². The van der Waals surface area contributed by atoms with Crippen molar-refractivity contribution in [1.29, 1.82) is 0 Å². The van der Waals surface area contributed by atoms with Gasteiger partial charge >= 0.3 is 12.1 Å². The van der Waals surface area contributed by atoms with E-state index in [1.165, 1.54) is 11.3 Å². The Labute approximate surface area is 117 Å². The second-order valence-corrected chi connectivity index (χ2v) is 5.02. The summed E-state index contributed by atoms with van der Waals surface area (Å²) in [5.41, 5.74) is 1.51. The van der Waals surface area contributed by atoms with Crippen molar-refractivity contribution in [3.05, 3.63) is 52.0 Å². The Morgan fingerprint density at radius 3 is 2.60 bits per heavy atom. The van der Waals surface area contributed by atoms with Gasteiger partial charge in [-0.1, -0.05) is 30.3 Å². The van der Waals surface area contributed by atoms with Crippen LogP contribution in [-0.4, -0.2) is 17.1 Å². The highest BCUT2D eigenvalue weighted by atomic mass is 32.1. The lowest BCUT2D eigenvalue weighted by Gasteiger charge is -2.05. The second-order valence-electron chi connectivity index (χ2n) is 4.08. The van der Waals surface area contributed by atoms with E-state index < -0.39 is 12.1 Å². The molecule has 0 unspecified atom stereocenters. The minimum atomic E-state index is -4.86. The first-order chi connectivity index (χ1) is 9.45. The number of nitrogens with zero attached hydrogens (tertiary/aromatic N) is 1. The topological polar surface area (TPSA) is 42.0 Å². The fourth-order valence-electron chi connectivity index (χ4n) is 1.55. The van der Waals surface area contributed by atoms with Gasteiger partial charge in [0.25, 0.3) is 0 Å². The van der Waals surface area contributed by atoms with Gasteiger partial charge in [0.1, 0.15) is 0 Å². The van der Waals surface area contributed by atoms with Crippen LogP contribution in [-0.2, 0) is 17.8 Å². The molecule has 0 aliphatic carbocycles. The molecule has 106 valence electrons. The van der Waals surface area contributed by atoms with Crippen LogP contribution in [0.2, 0.25) is 0 Å². The van der Waals surface area contributed by atoms with E-state index in [2.05, 4.69) is 4.98 Å². The molecule has 1 heterocycles. The molecule has 0 atom stereocenters. The van der Waals surface area contributed by atoms with E-state index in [1.807, 2.05) is 30.3 Å². The number of halogens is 3. The predicted octanol–water partition coefficient (Wildman–Crippen LogP) is 2.91. The van der Waals surface area contributed by atoms with E-state index in [9.17, 15) is 18.0 Å². The third kappa shape index (κ3) is 4.06. The molecular formula is C13H11F3N2OS. The van der Waals surface area contributed by atoms with Gasteiger partial charge in [-0.05, 0) is 5.56 Å². The molecule has 0 radical (unpaired) electrons. The van der Waals surface area contributed by atoms with Gasteiger partial charge in [0.2, 0.25) is 0 Å². The number of alkyl halides is 3. The summed E-state index contributed by atoms with van der Waals surface area (Å²) < 4.78 is 36.0. The van der Waals surface area contributed by atoms with Crippen molar-refractivity contribution in [3.63, 3.8) is 0 Å². The van der Waals surface area contributed by atoms with Gasteiger partial charge in [-0.15, -0.1) is 11.3 Å². The molecule has 0 saturated heterocycles. The zero-order valence-corrected chi connectivity index (χ0v) is 11.1. The highest BCUT2D eigenvalue weighted by Crippen LogP contribution is 2.16. The average molecular weight is 300 g/mol. The van der Waals surface area contributed by atoms with E-state index in [0.29, 0.717) is 12.1 Å². The van der Waals surface area contributed by atoms with Crippen LogP contribution in [0.15, 0.2) is 35.7 Å². The molecule has 1 N–H and O–H groups in total. The van der Waals surface area contributed by atoms with E-state index in [-0.39, 0.29) is 6.54 Å². The lowest BCUT2D eigenvalue weighted by atomic mass is 10.2. The summed E-state index contributed by atoms with van der Waals surface area (Å²) in [5.74, 6) is -1.95. The zero-order valence-electron chi connectivity index (χ0n) is 10.3. The summed E-state index contributed by atoms with van der Waals surface area (Å²) >= 11 is 1.36. The molecule has 0 spiro atoms. The zero-order chi connectivity index (χ0) is 14.6. The van der Waals surface area contributed by atoms with Crippen LogP contribution in [0.4, 0.5) is 13.2 Å². The standard InChI is InChI=1S/C13H11F3N2OS/c14-13(15,16)12(19)17-7-10-8-20-11(18-10)6-9-4-2-1-3-5-9/h1-5,8H,6-7H2,(H,17,19). The quantitative estimate of drug-likeness (QED) is 0.943. The number of hydrogen-bond donors (Lipinski definition) is 1. The smallest absolute Gasteiger partial charge is 0.343 e. The first-order valence-electron chi connectivity index (χ1n) is 5.77. The Morgan fingerprint density at radius 1 is 1.25 bits per heavy atom. The molecule has 7 heteroatoms. The number of carbonyl (C=O) groups excluding carboxylic acids is 1. The Bertz CT molecular complexity index is 581. The van der Waals surface area contributed by atoms with E-state index >= 15 is 0 Å². The third-order valence-electron chi connectivity index (χ3n) is 2.49. The molecule has 0 aliphatic heterocycles. The number of benzene rings is 1. The Hall–Kier alpha value is -1.89. The average Bonchev–Trinajstić information content (AvgIpc) is 2.83. The highest BCUT2D eigenvalue weighted by molar-refractivity contribution is 7.09. The normalized spacial score (nSPS) is 11.3. The van der Waals surface area contributed by atoms with Crippen molar-refractivity contribution in [2.24, 2.45) is 0 Å². The third-order valence-corrected chi connectivity index (χ3v) is 3.38. The highest BCUT2D eigenvalue weighted by Gasteiger charge is 2.38. The predicted molar refractivity (Wildman–Crippen MR) is 69.3 cm³/mol. The molecule has 2 aromatic rings. The summed E-state index contributed by atoms with van der Waals surface area (Å²) in [6, 6.07) is 9.63. The van der Waals surface area contributed by atoms with Crippen molar-refractivity contribution in [2.45, 2.75) is 19.1 Å². The van der Waals surface area contributed by atoms with Gasteiger partial charge in [-0.25, -0.2) is 4.98 Å². The maximum Gasteiger partial charge on any atom is 0.471 e. The fraction of sp³-hybridized carbons (Fsp3) is 0.231. The number of aromatic nitrogens is 1. The van der Waals surface area contributed by atoms with Crippen LogP contribution < -0.4 is 5.32 Å². The van der Waals surface area contributed by atoms with Crippen LogP contribution in [0.5, 0.6) is 0 Å². The van der Waals surface area contributed by atoms with Crippen molar-refractivity contribution in [1.82, 2.24) is 10.3 Å². The van der Waals surface area contributed by atoms with Crippen LogP contribution in [0.1, 0.15) is 16.3 Å². The Morgan fingerprint density at radius 2 is 1.95 bits per heavy atom. The van der Waals surface area contributed by atoms with Crippen molar-refractivity contribution in [3.8, 4) is 0 Å². The van der Waals surface area contributed by atoms with Gasteiger partial charge in [0.05, 0.1) is 17.2 Å². The molecule has 1 amide bonds. The number of amides is 1. The van der Waals surface area contributed by atoms with Gasteiger partial charge in [-0.3, -0.25) is 4.79 Å². The molecule has 20 heavy (non-hydrogen) atoms. The summed E-state index contributed by atoms with van der Waals surface area (Å²) in [7, 11) is 0. The Kier molecular flexibility index (Phi) is 4.39. The maximum atomic E-state index is 12.0. The number of carbonyl (C=O) groups is 1.